The number of unbranched alkanes of at least 4 members (excludes halogenated alkanes) is 2. The minimum Gasteiger partial charge on any atom is -0.487 e. The summed E-state index contributed by atoms with van der Waals surface area (Å²) < 4.78 is 5.43. The molecule has 0 spiro atoms. The van der Waals surface area contributed by atoms with Crippen LogP contribution in [0.3, 0.4) is 0 Å². The third-order valence-electron chi connectivity index (χ3n) is 2.74. The molecular formula is C14H22N2O3. The first kappa shape index (κ1) is 15.3. The van der Waals surface area contributed by atoms with Gasteiger partial charge in [-0.1, -0.05) is 32.8 Å². The average Bonchev–Trinajstić information content (AvgIpc) is 2.41. The van der Waals surface area contributed by atoms with E-state index in [0.29, 0.717) is 18.0 Å². The van der Waals surface area contributed by atoms with E-state index in [2.05, 4.69) is 12.2 Å². The van der Waals surface area contributed by atoms with Crippen LogP contribution in [0, 0.1) is 10.1 Å². The van der Waals surface area contributed by atoms with Gasteiger partial charge in [-0.2, -0.15) is 0 Å². The van der Waals surface area contributed by atoms with E-state index in [9.17, 15) is 10.1 Å². The van der Waals surface area contributed by atoms with Crippen LogP contribution >= 0.6 is 0 Å². The molecule has 1 N–H and O–H groups in total. The highest BCUT2D eigenvalue weighted by atomic mass is 16.6. The third kappa shape index (κ3) is 4.77. The first-order valence-electron chi connectivity index (χ1n) is 6.84. The van der Waals surface area contributed by atoms with Gasteiger partial charge in [0.1, 0.15) is 5.69 Å². The number of rotatable bonds is 9. The van der Waals surface area contributed by atoms with Crippen molar-refractivity contribution in [1.82, 2.24) is 0 Å². The summed E-state index contributed by atoms with van der Waals surface area (Å²) in [6.07, 6.45) is 4.08. The van der Waals surface area contributed by atoms with Gasteiger partial charge >= 0.3 is 5.69 Å². The smallest absolute Gasteiger partial charge is 0.333 e. The van der Waals surface area contributed by atoms with Gasteiger partial charge < -0.3 is 10.1 Å². The molecule has 106 valence electrons. The van der Waals surface area contributed by atoms with Crippen molar-refractivity contribution in [3.05, 3.63) is 28.3 Å². The summed E-state index contributed by atoms with van der Waals surface area (Å²) in [6.45, 7) is 5.33. The second kappa shape index (κ2) is 8.34. The van der Waals surface area contributed by atoms with Gasteiger partial charge in [0.2, 0.25) is 0 Å². The summed E-state index contributed by atoms with van der Waals surface area (Å²) >= 11 is 0. The molecule has 0 bridgehead atoms. The first-order chi connectivity index (χ1) is 9.20. The number of para-hydroxylation sites is 1. The van der Waals surface area contributed by atoms with Crippen LogP contribution in [0.1, 0.15) is 39.5 Å². The van der Waals surface area contributed by atoms with Crippen molar-refractivity contribution in [3.63, 3.8) is 0 Å². The van der Waals surface area contributed by atoms with Gasteiger partial charge in [0.15, 0.2) is 5.75 Å². The molecule has 1 aromatic rings. The Morgan fingerprint density at radius 2 is 2.05 bits per heavy atom. The highest BCUT2D eigenvalue weighted by Crippen LogP contribution is 2.34. The first-order valence-corrected chi connectivity index (χ1v) is 6.84. The molecule has 0 aromatic heterocycles. The van der Waals surface area contributed by atoms with Gasteiger partial charge in [-0.3, -0.25) is 10.1 Å². The molecule has 0 unspecified atom stereocenters. The van der Waals surface area contributed by atoms with Crippen molar-refractivity contribution in [2.24, 2.45) is 0 Å². The van der Waals surface area contributed by atoms with Crippen LogP contribution in [0.2, 0.25) is 0 Å². The fourth-order valence-electron chi connectivity index (χ4n) is 1.78. The molecule has 0 fully saturated rings. The molecule has 0 saturated carbocycles. The molecule has 5 nitrogen and oxygen atoms in total. The molecule has 0 aliphatic carbocycles. The molecular weight excluding hydrogens is 244 g/mol. The van der Waals surface area contributed by atoms with Gasteiger partial charge in [0.05, 0.1) is 11.5 Å². The molecule has 1 aromatic carbocycles. The predicted molar refractivity (Wildman–Crippen MR) is 76.9 cm³/mol. The quantitative estimate of drug-likeness (QED) is 0.417. The van der Waals surface area contributed by atoms with E-state index in [0.717, 1.165) is 32.2 Å². The Bertz CT molecular complexity index is 408. The number of benzene rings is 1. The number of nitrogens with zero attached hydrogens (tertiary/aromatic N) is 1. The molecule has 0 heterocycles. The molecule has 19 heavy (non-hydrogen) atoms. The lowest BCUT2D eigenvalue weighted by atomic mass is 10.2. The predicted octanol–water partition coefficient (Wildman–Crippen LogP) is 3.99. The minimum atomic E-state index is -0.382. The second-order valence-corrected chi connectivity index (χ2v) is 4.39. The Kier molecular flexibility index (Phi) is 6.71. The van der Waals surface area contributed by atoms with Crippen molar-refractivity contribution in [1.29, 1.82) is 0 Å². The molecule has 0 aliphatic heterocycles. The Morgan fingerprint density at radius 3 is 2.68 bits per heavy atom. The van der Waals surface area contributed by atoms with E-state index in [1.165, 1.54) is 0 Å². The van der Waals surface area contributed by atoms with Gasteiger partial charge in [0.25, 0.3) is 0 Å². The van der Waals surface area contributed by atoms with E-state index >= 15 is 0 Å². The van der Waals surface area contributed by atoms with E-state index in [1.807, 2.05) is 6.92 Å². The minimum absolute atomic E-state index is 0.0347. The topological polar surface area (TPSA) is 64.4 Å². The van der Waals surface area contributed by atoms with Gasteiger partial charge in [-0.15, -0.1) is 0 Å². The van der Waals surface area contributed by atoms with E-state index < -0.39 is 0 Å². The van der Waals surface area contributed by atoms with Crippen molar-refractivity contribution in [2.45, 2.75) is 39.5 Å². The summed E-state index contributed by atoms with van der Waals surface area (Å²) in [6, 6.07) is 5.15. The highest BCUT2D eigenvalue weighted by molar-refractivity contribution is 5.68. The van der Waals surface area contributed by atoms with Crippen LogP contribution in [0.25, 0.3) is 0 Å². The Hall–Kier alpha value is -1.78. The van der Waals surface area contributed by atoms with Crippen molar-refractivity contribution >= 4 is 11.4 Å². The number of hydrogen-bond acceptors (Lipinski definition) is 4. The van der Waals surface area contributed by atoms with E-state index in [-0.39, 0.29) is 10.6 Å². The normalized spacial score (nSPS) is 10.2. The average molecular weight is 266 g/mol. The van der Waals surface area contributed by atoms with E-state index in [1.54, 1.807) is 18.2 Å². The molecule has 1 rings (SSSR count). The number of nitro groups is 1. The largest absolute Gasteiger partial charge is 0.487 e. The fraction of sp³-hybridized carbons (Fsp3) is 0.571. The standard InChI is InChI=1S/C14H22N2O3/c1-3-5-6-10-15-12-8-7-9-13(19-11-4-2)14(12)16(17)18/h7-9,15H,3-6,10-11H2,1-2H3. The Balaban J connectivity index is 2.80. The van der Waals surface area contributed by atoms with E-state index in [4.69, 9.17) is 4.74 Å². The fourth-order valence-corrected chi connectivity index (χ4v) is 1.78. The summed E-state index contributed by atoms with van der Waals surface area (Å²) in [5.41, 5.74) is 0.571. The molecule has 0 atom stereocenters. The zero-order chi connectivity index (χ0) is 14.1. The number of nitrogens with one attached hydrogen (secondary N) is 1. The lowest BCUT2D eigenvalue weighted by molar-refractivity contribution is -0.385. The van der Waals surface area contributed by atoms with Crippen LogP contribution in [0.4, 0.5) is 11.4 Å². The maximum absolute atomic E-state index is 11.2. The van der Waals surface area contributed by atoms with Crippen LogP contribution in [0.15, 0.2) is 18.2 Å². The number of anilines is 1. The summed E-state index contributed by atoms with van der Waals surface area (Å²) in [4.78, 5) is 10.8. The number of ether oxygens (including phenoxy) is 1. The van der Waals surface area contributed by atoms with Crippen molar-refractivity contribution in [2.75, 3.05) is 18.5 Å². The maximum Gasteiger partial charge on any atom is 0.333 e. The van der Waals surface area contributed by atoms with Gasteiger partial charge in [-0.25, -0.2) is 0 Å². The number of hydrogen-bond donors (Lipinski definition) is 1. The zero-order valence-electron chi connectivity index (χ0n) is 11.6. The van der Waals surface area contributed by atoms with Gasteiger partial charge in [-0.05, 0) is 25.0 Å². The van der Waals surface area contributed by atoms with Crippen molar-refractivity contribution in [3.8, 4) is 5.75 Å². The second-order valence-electron chi connectivity index (χ2n) is 4.39. The lowest BCUT2D eigenvalue weighted by Gasteiger charge is -2.10. The molecule has 0 saturated heterocycles. The molecule has 0 aliphatic rings. The van der Waals surface area contributed by atoms with Crippen LogP contribution in [0.5, 0.6) is 5.75 Å². The summed E-state index contributed by atoms with van der Waals surface area (Å²) in [5.74, 6) is 0.340. The number of nitro benzene ring substituents is 1. The van der Waals surface area contributed by atoms with Gasteiger partial charge in [0, 0.05) is 6.54 Å². The third-order valence-corrected chi connectivity index (χ3v) is 2.74. The Morgan fingerprint density at radius 1 is 1.26 bits per heavy atom. The highest BCUT2D eigenvalue weighted by Gasteiger charge is 2.20. The zero-order valence-corrected chi connectivity index (χ0v) is 11.6. The monoisotopic (exact) mass is 266 g/mol. The summed E-state index contributed by atoms with van der Waals surface area (Å²) in [5, 5.41) is 14.3. The maximum atomic E-state index is 11.2. The lowest BCUT2D eigenvalue weighted by Crippen LogP contribution is -2.06. The molecule has 0 radical (unpaired) electrons. The Labute approximate surface area is 114 Å². The van der Waals surface area contributed by atoms with Crippen LogP contribution in [-0.2, 0) is 0 Å². The molecule has 5 heteroatoms. The van der Waals surface area contributed by atoms with Crippen LogP contribution in [-0.4, -0.2) is 18.1 Å². The van der Waals surface area contributed by atoms with Crippen LogP contribution < -0.4 is 10.1 Å². The SMILES string of the molecule is CCCCCNc1cccc(OCCC)c1[N+](=O)[O-]. The molecule has 0 amide bonds. The van der Waals surface area contributed by atoms with Crippen molar-refractivity contribution < 1.29 is 9.66 Å². The summed E-state index contributed by atoms with van der Waals surface area (Å²) in [7, 11) is 0.